The minimum Gasteiger partial charge on any atom is -0.378 e. The van der Waals surface area contributed by atoms with Crippen LogP contribution in [-0.4, -0.2) is 54.3 Å². The Morgan fingerprint density at radius 3 is 2.60 bits per heavy atom. The third-order valence-electron chi connectivity index (χ3n) is 3.32. The Balaban J connectivity index is 2.17. The predicted octanol–water partition coefficient (Wildman–Crippen LogP) is 1.99. The van der Waals surface area contributed by atoms with Gasteiger partial charge >= 0.3 is 0 Å². The van der Waals surface area contributed by atoms with Crippen molar-refractivity contribution in [3.63, 3.8) is 0 Å². The van der Waals surface area contributed by atoms with Gasteiger partial charge in [-0.1, -0.05) is 13.3 Å². The van der Waals surface area contributed by atoms with Crippen LogP contribution in [-0.2, 0) is 4.74 Å². The molecule has 1 aliphatic rings. The molecule has 1 aliphatic heterocycles. The molecular formula is C13H22ClN5O. The van der Waals surface area contributed by atoms with Crippen molar-refractivity contribution < 1.29 is 4.74 Å². The monoisotopic (exact) mass is 299 g/mol. The first-order valence-corrected chi connectivity index (χ1v) is 7.61. The fourth-order valence-corrected chi connectivity index (χ4v) is 2.28. The van der Waals surface area contributed by atoms with Gasteiger partial charge in [0.1, 0.15) is 0 Å². The smallest absolute Gasteiger partial charge is 0.231 e. The Bertz CT molecular complexity index is 425. The maximum atomic E-state index is 6.06. The lowest BCUT2D eigenvalue weighted by molar-refractivity contribution is 0.122. The number of hydrogen-bond acceptors (Lipinski definition) is 6. The van der Waals surface area contributed by atoms with Crippen LogP contribution in [0.25, 0.3) is 0 Å². The zero-order valence-corrected chi connectivity index (χ0v) is 12.9. The summed E-state index contributed by atoms with van der Waals surface area (Å²) in [6.07, 6.45) is 2.26. The number of ether oxygens (including phenoxy) is 1. The molecule has 1 aromatic rings. The van der Waals surface area contributed by atoms with Gasteiger partial charge in [-0.3, -0.25) is 0 Å². The lowest BCUT2D eigenvalue weighted by atomic mass is 10.3. The normalized spacial score (nSPS) is 15.4. The third-order valence-corrected chi connectivity index (χ3v) is 3.49. The number of rotatable bonds is 6. The van der Waals surface area contributed by atoms with Gasteiger partial charge in [-0.15, -0.1) is 0 Å². The summed E-state index contributed by atoms with van der Waals surface area (Å²) in [6, 6.07) is 0. The SMILES string of the molecule is CCCCN(CC)c1nc(Cl)nc(N2CCOCC2)n1. The molecule has 1 saturated heterocycles. The van der Waals surface area contributed by atoms with Crippen LogP contribution in [0.5, 0.6) is 0 Å². The minimum absolute atomic E-state index is 0.256. The topological polar surface area (TPSA) is 54.4 Å². The van der Waals surface area contributed by atoms with Gasteiger partial charge in [0.2, 0.25) is 17.2 Å². The fraction of sp³-hybridized carbons (Fsp3) is 0.769. The Morgan fingerprint density at radius 2 is 1.95 bits per heavy atom. The maximum Gasteiger partial charge on any atom is 0.231 e. The van der Waals surface area contributed by atoms with Crippen molar-refractivity contribution in [2.24, 2.45) is 0 Å². The number of aromatic nitrogens is 3. The van der Waals surface area contributed by atoms with E-state index in [0.29, 0.717) is 25.1 Å². The quantitative estimate of drug-likeness (QED) is 0.801. The fourth-order valence-electron chi connectivity index (χ4n) is 2.12. The van der Waals surface area contributed by atoms with E-state index in [1.807, 2.05) is 0 Å². The van der Waals surface area contributed by atoms with Crippen LogP contribution in [0.1, 0.15) is 26.7 Å². The van der Waals surface area contributed by atoms with Crippen LogP contribution < -0.4 is 9.80 Å². The van der Waals surface area contributed by atoms with Crippen LogP contribution in [0, 0.1) is 0 Å². The van der Waals surface area contributed by atoms with Gasteiger partial charge in [0.05, 0.1) is 13.2 Å². The maximum absolute atomic E-state index is 6.06. The second kappa shape index (κ2) is 7.59. The van der Waals surface area contributed by atoms with Gasteiger partial charge in [0, 0.05) is 26.2 Å². The molecule has 0 bridgehead atoms. The number of morpholine rings is 1. The summed E-state index contributed by atoms with van der Waals surface area (Å²) in [5, 5.41) is 0.256. The van der Waals surface area contributed by atoms with Crippen LogP contribution in [0.4, 0.5) is 11.9 Å². The molecule has 0 radical (unpaired) electrons. The molecule has 2 rings (SSSR count). The van der Waals surface area contributed by atoms with Crippen molar-refractivity contribution in [1.29, 1.82) is 0 Å². The van der Waals surface area contributed by atoms with Crippen LogP contribution >= 0.6 is 11.6 Å². The summed E-state index contributed by atoms with van der Waals surface area (Å²) < 4.78 is 5.35. The van der Waals surface area contributed by atoms with E-state index in [2.05, 4.69) is 38.6 Å². The van der Waals surface area contributed by atoms with Crippen molar-refractivity contribution in [3.05, 3.63) is 5.28 Å². The largest absolute Gasteiger partial charge is 0.378 e. The van der Waals surface area contributed by atoms with E-state index in [0.717, 1.165) is 39.0 Å². The number of unbranched alkanes of at least 4 members (excludes halogenated alkanes) is 1. The highest BCUT2D eigenvalue weighted by Gasteiger charge is 2.17. The first kappa shape index (κ1) is 15.3. The molecule has 0 unspecified atom stereocenters. The molecule has 0 amide bonds. The number of nitrogens with zero attached hydrogens (tertiary/aromatic N) is 5. The molecule has 0 atom stereocenters. The zero-order chi connectivity index (χ0) is 14.4. The van der Waals surface area contributed by atoms with Crippen molar-refractivity contribution in [2.75, 3.05) is 49.2 Å². The molecule has 6 nitrogen and oxygen atoms in total. The molecule has 0 spiro atoms. The molecule has 0 aliphatic carbocycles. The van der Waals surface area contributed by atoms with Crippen LogP contribution in [0.15, 0.2) is 0 Å². The van der Waals surface area contributed by atoms with Crippen molar-refractivity contribution in [2.45, 2.75) is 26.7 Å². The third kappa shape index (κ3) is 3.93. The second-order valence-corrected chi connectivity index (χ2v) is 5.08. The number of hydrogen-bond donors (Lipinski definition) is 0. The average molecular weight is 300 g/mol. The average Bonchev–Trinajstić information content (AvgIpc) is 2.48. The molecular weight excluding hydrogens is 278 g/mol. The lowest BCUT2D eigenvalue weighted by Gasteiger charge is -2.28. The van der Waals surface area contributed by atoms with Crippen molar-refractivity contribution >= 4 is 23.5 Å². The first-order valence-electron chi connectivity index (χ1n) is 7.23. The number of halogens is 1. The first-order chi connectivity index (χ1) is 9.74. The molecule has 2 heterocycles. The summed E-state index contributed by atoms with van der Waals surface area (Å²) in [4.78, 5) is 17.3. The highest BCUT2D eigenvalue weighted by Crippen LogP contribution is 2.18. The predicted molar refractivity (Wildman–Crippen MR) is 80.7 cm³/mol. The van der Waals surface area contributed by atoms with Gasteiger partial charge in [-0.2, -0.15) is 15.0 Å². The summed E-state index contributed by atoms with van der Waals surface area (Å²) in [5.74, 6) is 1.32. The van der Waals surface area contributed by atoms with Crippen molar-refractivity contribution in [1.82, 2.24) is 15.0 Å². The molecule has 1 fully saturated rings. The van der Waals surface area contributed by atoms with E-state index >= 15 is 0 Å². The van der Waals surface area contributed by atoms with E-state index in [9.17, 15) is 0 Å². The van der Waals surface area contributed by atoms with Crippen LogP contribution in [0.3, 0.4) is 0 Å². The summed E-state index contributed by atoms with van der Waals surface area (Å²) in [5.41, 5.74) is 0. The molecule has 0 saturated carbocycles. The highest BCUT2D eigenvalue weighted by atomic mass is 35.5. The van der Waals surface area contributed by atoms with E-state index < -0.39 is 0 Å². The molecule has 20 heavy (non-hydrogen) atoms. The molecule has 0 N–H and O–H groups in total. The summed E-state index contributed by atoms with van der Waals surface area (Å²) in [6.45, 7) is 9.06. The lowest BCUT2D eigenvalue weighted by Crippen LogP contribution is -2.38. The number of anilines is 2. The Hall–Kier alpha value is -1.14. The van der Waals surface area contributed by atoms with E-state index in [-0.39, 0.29) is 5.28 Å². The molecule has 0 aromatic carbocycles. The van der Waals surface area contributed by atoms with Gasteiger partial charge in [0.15, 0.2) is 0 Å². The van der Waals surface area contributed by atoms with E-state index in [1.54, 1.807) is 0 Å². The standard InChI is InChI=1S/C13H22ClN5O/c1-3-5-6-18(4-2)12-15-11(14)16-13(17-12)19-7-9-20-10-8-19/h3-10H2,1-2H3. The van der Waals surface area contributed by atoms with Gasteiger partial charge < -0.3 is 14.5 Å². The second-order valence-electron chi connectivity index (χ2n) is 4.74. The molecule has 112 valence electrons. The van der Waals surface area contributed by atoms with Gasteiger partial charge in [-0.05, 0) is 24.9 Å². The molecule has 7 heteroatoms. The molecule has 1 aromatic heterocycles. The van der Waals surface area contributed by atoms with Gasteiger partial charge in [-0.25, -0.2) is 0 Å². The van der Waals surface area contributed by atoms with Crippen molar-refractivity contribution in [3.8, 4) is 0 Å². The Kier molecular flexibility index (Phi) is 5.79. The Morgan fingerprint density at radius 1 is 1.20 bits per heavy atom. The summed E-state index contributed by atoms with van der Waals surface area (Å²) in [7, 11) is 0. The van der Waals surface area contributed by atoms with Gasteiger partial charge in [0.25, 0.3) is 0 Å². The zero-order valence-electron chi connectivity index (χ0n) is 12.2. The Labute approximate surface area is 125 Å². The highest BCUT2D eigenvalue weighted by molar-refractivity contribution is 6.28. The van der Waals surface area contributed by atoms with E-state index in [4.69, 9.17) is 16.3 Å². The van der Waals surface area contributed by atoms with Crippen LogP contribution in [0.2, 0.25) is 5.28 Å². The van der Waals surface area contributed by atoms with E-state index in [1.165, 1.54) is 0 Å². The minimum atomic E-state index is 0.256. The summed E-state index contributed by atoms with van der Waals surface area (Å²) >= 11 is 6.06.